The van der Waals surface area contributed by atoms with Crippen molar-refractivity contribution in [2.45, 2.75) is 25.6 Å². The Morgan fingerprint density at radius 2 is 2.00 bits per heavy atom. The van der Waals surface area contributed by atoms with E-state index in [9.17, 15) is 4.79 Å². The van der Waals surface area contributed by atoms with Crippen LogP contribution in [0.25, 0.3) is 0 Å². The largest absolute Gasteiger partial charge is 0.373 e. The summed E-state index contributed by atoms with van der Waals surface area (Å²) in [5.74, 6) is 0.00735. The number of nitrogens with two attached hydrogens (primary N) is 1. The summed E-state index contributed by atoms with van der Waals surface area (Å²) in [7, 11) is 0. The van der Waals surface area contributed by atoms with Gasteiger partial charge in [0, 0.05) is 13.1 Å². The number of hydrogen-bond donors (Lipinski definition) is 1. The van der Waals surface area contributed by atoms with Crippen LogP contribution in [0, 0.1) is 0 Å². The van der Waals surface area contributed by atoms with Crippen molar-refractivity contribution in [2.75, 3.05) is 19.6 Å². The van der Waals surface area contributed by atoms with Gasteiger partial charge in [-0.15, -0.1) is 0 Å². The quantitative estimate of drug-likeness (QED) is 0.928. The smallest absolute Gasteiger partial charge is 0.236 e. The average Bonchev–Trinajstić information content (AvgIpc) is 2.48. The highest BCUT2D eigenvalue weighted by atomic mass is 35.5. The van der Waals surface area contributed by atoms with E-state index in [2.05, 4.69) is 0 Å². The van der Waals surface area contributed by atoms with Crippen LogP contribution in [-0.2, 0) is 16.1 Å². The van der Waals surface area contributed by atoms with Crippen molar-refractivity contribution in [1.82, 2.24) is 4.90 Å². The lowest BCUT2D eigenvalue weighted by atomic mass is 10.1. The summed E-state index contributed by atoms with van der Waals surface area (Å²) in [4.78, 5) is 13.2. The van der Waals surface area contributed by atoms with Gasteiger partial charge in [0.25, 0.3) is 0 Å². The molecule has 0 spiro atoms. The number of halogens is 2. The first kappa shape index (κ1) is 15.6. The first-order chi connectivity index (χ1) is 9.60. The van der Waals surface area contributed by atoms with Crippen molar-refractivity contribution in [2.24, 2.45) is 5.73 Å². The molecule has 20 heavy (non-hydrogen) atoms. The van der Waals surface area contributed by atoms with Gasteiger partial charge in [-0.05, 0) is 30.5 Å². The van der Waals surface area contributed by atoms with Gasteiger partial charge < -0.3 is 15.4 Å². The molecule has 0 aliphatic carbocycles. The minimum Gasteiger partial charge on any atom is -0.373 e. The Hall–Kier alpha value is -0.810. The van der Waals surface area contributed by atoms with Crippen molar-refractivity contribution in [1.29, 1.82) is 0 Å². The van der Waals surface area contributed by atoms with Gasteiger partial charge in [-0.25, -0.2) is 0 Å². The second-order valence-electron chi connectivity index (χ2n) is 4.84. The summed E-state index contributed by atoms with van der Waals surface area (Å²) in [6, 6.07) is 5.49. The highest BCUT2D eigenvalue weighted by molar-refractivity contribution is 6.42. The molecule has 0 atom stereocenters. The minimum absolute atomic E-state index is 0.00735. The lowest BCUT2D eigenvalue weighted by Crippen LogP contribution is -2.43. The molecule has 1 amide bonds. The van der Waals surface area contributed by atoms with Crippen LogP contribution in [0.5, 0.6) is 0 Å². The first-order valence-corrected chi connectivity index (χ1v) is 7.39. The number of carbonyl (C=O) groups excluding carboxylic acids is 1. The molecule has 1 fully saturated rings. The van der Waals surface area contributed by atoms with E-state index in [0.29, 0.717) is 29.7 Å². The van der Waals surface area contributed by atoms with Gasteiger partial charge >= 0.3 is 0 Å². The van der Waals surface area contributed by atoms with Gasteiger partial charge in [0.05, 0.1) is 29.3 Å². The maximum atomic E-state index is 11.5. The fraction of sp³-hybridized carbons (Fsp3) is 0.500. The van der Waals surface area contributed by atoms with Gasteiger partial charge in [-0.1, -0.05) is 29.3 Å². The van der Waals surface area contributed by atoms with Crippen molar-refractivity contribution < 1.29 is 9.53 Å². The number of likely N-dealkylation sites (tertiary alicyclic amines) is 1. The fourth-order valence-electron chi connectivity index (χ4n) is 2.24. The molecule has 0 bridgehead atoms. The van der Waals surface area contributed by atoms with Gasteiger partial charge in [0.2, 0.25) is 5.91 Å². The second kappa shape index (κ2) is 7.27. The molecule has 1 aliphatic rings. The van der Waals surface area contributed by atoms with Crippen LogP contribution in [0.2, 0.25) is 10.0 Å². The van der Waals surface area contributed by atoms with Crippen molar-refractivity contribution in [3.05, 3.63) is 33.8 Å². The number of nitrogens with zero attached hydrogens (tertiary/aromatic N) is 1. The molecule has 0 aromatic heterocycles. The zero-order chi connectivity index (χ0) is 14.5. The fourth-order valence-corrected chi connectivity index (χ4v) is 2.57. The predicted octanol–water partition coefficient (Wildman–Crippen LogP) is 2.46. The van der Waals surface area contributed by atoms with E-state index < -0.39 is 0 Å². The van der Waals surface area contributed by atoms with E-state index in [1.54, 1.807) is 11.0 Å². The lowest BCUT2D eigenvalue weighted by molar-refractivity contribution is -0.132. The SMILES string of the molecule is NCC(=O)N1CCC(OCc2ccc(Cl)c(Cl)c2)CC1. The maximum Gasteiger partial charge on any atom is 0.236 e. The number of ether oxygens (including phenoxy) is 1. The van der Waals surface area contributed by atoms with Crippen LogP contribution in [-0.4, -0.2) is 36.5 Å². The molecule has 2 N–H and O–H groups in total. The molecule has 1 heterocycles. The van der Waals surface area contributed by atoms with Crippen LogP contribution in [0.1, 0.15) is 18.4 Å². The molecule has 4 nitrogen and oxygen atoms in total. The normalized spacial score (nSPS) is 16.4. The number of hydrogen-bond acceptors (Lipinski definition) is 3. The molecule has 110 valence electrons. The predicted molar refractivity (Wildman–Crippen MR) is 79.9 cm³/mol. The van der Waals surface area contributed by atoms with Crippen LogP contribution in [0.4, 0.5) is 0 Å². The Bertz CT molecular complexity index is 474. The third-order valence-corrected chi connectivity index (χ3v) is 4.18. The summed E-state index contributed by atoms with van der Waals surface area (Å²) < 4.78 is 5.85. The average molecular weight is 317 g/mol. The Morgan fingerprint density at radius 3 is 2.60 bits per heavy atom. The minimum atomic E-state index is 0.00735. The van der Waals surface area contributed by atoms with E-state index in [-0.39, 0.29) is 18.6 Å². The van der Waals surface area contributed by atoms with E-state index in [0.717, 1.165) is 18.4 Å². The van der Waals surface area contributed by atoms with Crippen LogP contribution in [0.15, 0.2) is 18.2 Å². The van der Waals surface area contributed by atoms with E-state index in [1.807, 2.05) is 12.1 Å². The van der Waals surface area contributed by atoms with Crippen molar-refractivity contribution in [3.63, 3.8) is 0 Å². The lowest BCUT2D eigenvalue weighted by Gasteiger charge is -2.31. The zero-order valence-corrected chi connectivity index (χ0v) is 12.7. The summed E-state index contributed by atoms with van der Waals surface area (Å²) in [6.07, 6.45) is 1.85. The summed E-state index contributed by atoms with van der Waals surface area (Å²) >= 11 is 11.8. The Balaban J connectivity index is 1.78. The standard InChI is InChI=1S/C14H18Cl2N2O2/c15-12-2-1-10(7-13(12)16)9-20-11-3-5-18(6-4-11)14(19)8-17/h1-2,7,11H,3-6,8-9,17H2. The Labute approximate surface area is 128 Å². The third-order valence-electron chi connectivity index (χ3n) is 3.44. The van der Waals surface area contributed by atoms with Crippen LogP contribution in [0.3, 0.4) is 0 Å². The Kier molecular flexibility index (Phi) is 5.66. The molecule has 2 rings (SSSR count). The molecule has 0 radical (unpaired) electrons. The van der Waals surface area contributed by atoms with Crippen molar-refractivity contribution >= 4 is 29.1 Å². The van der Waals surface area contributed by atoms with Gasteiger partial charge in [-0.2, -0.15) is 0 Å². The van der Waals surface area contributed by atoms with Gasteiger partial charge in [0.1, 0.15) is 0 Å². The molecule has 1 aliphatic heterocycles. The van der Waals surface area contributed by atoms with Crippen LogP contribution < -0.4 is 5.73 Å². The number of rotatable bonds is 4. The summed E-state index contributed by atoms with van der Waals surface area (Å²) in [6.45, 7) is 2.01. The molecular formula is C14H18Cl2N2O2. The topological polar surface area (TPSA) is 55.6 Å². The highest BCUT2D eigenvalue weighted by Crippen LogP contribution is 2.23. The number of benzene rings is 1. The number of amides is 1. The molecule has 6 heteroatoms. The second-order valence-corrected chi connectivity index (χ2v) is 5.66. The molecule has 0 unspecified atom stereocenters. The molecular weight excluding hydrogens is 299 g/mol. The first-order valence-electron chi connectivity index (χ1n) is 6.63. The maximum absolute atomic E-state index is 11.5. The van der Waals surface area contributed by atoms with Crippen molar-refractivity contribution in [3.8, 4) is 0 Å². The van der Waals surface area contributed by atoms with Gasteiger partial charge in [-0.3, -0.25) is 4.79 Å². The van der Waals surface area contributed by atoms with E-state index in [4.69, 9.17) is 33.7 Å². The van der Waals surface area contributed by atoms with E-state index in [1.165, 1.54) is 0 Å². The van der Waals surface area contributed by atoms with E-state index >= 15 is 0 Å². The van der Waals surface area contributed by atoms with Gasteiger partial charge in [0.15, 0.2) is 0 Å². The molecule has 1 saturated heterocycles. The monoisotopic (exact) mass is 316 g/mol. The highest BCUT2D eigenvalue weighted by Gasteiger charge is 2.22. The zero-order valence-electron chi connectivity index (χ0n) is 11.1. The molecule has 1 aromatic rings. The summed E-state index contributed by atoms with van der Waals surface area (Å²) in [5.41, 5.74) is 6.35. The molecule has 1 aromatic carbocycles. The third kappa shape index (κ3) is 4.09. The molecule has 0 saturated carbocycles. The number of piperidine rings is 1. The number of carbonyl (C=O) groups is 1. The van der Waals surface area contributed by atoms with Crippen LogP contribution >= 0.6 is 23.2 Å². The Morgan fingerprint density at radius 1 is 1.30 bits per heavy atom. The summed E-state index contributed by atoms with van der Waals surface area (Å²) in [5, 5.41) is 1.08.